The molecule has 3 nitrogen and oxygen atoms in total. The van der Waals surface area contributed by atoms with E-state index in [4.69, 9.17) is 4.74 Å². The number of nitrogens with one attached hydrogen (secondary N) is 1. The zero-order valence-electron chi connectivity index (χ0n) is 10.8. The van der Waals surface area contributed by atoms with Gasteiger partial charge >= 0.3 is 0 Å². The molecule has 1 aliphatic rings. The lowest BCUT2D eigenvalue weighted by Crippen LogP contribution is -2.24. The summed E-state index contributed by atoms with van der Waals surface area (Å²) in [5, 5.41) is 3.52. The van der Waals surface area contributed by atoms with E-state index in [0.717, 1.165) is 6.61 Å². The van der Waals surface area contributed by atoms with Crippen molar-refractivity contribution in [3.05, 3.63) is 24.3 Å². The molecule has 94 valence electrons. The number of rotatable bonds is 5. The van der Waals surface area contributed by atoms with Gasteiger partial charge in [0.05, 0.1) is 18.0 Å². The minimum Gasteiger partial charge on any atom is -0.383 e. The Hall–Kier alpha value is -1.22. The number of ether oxygens (including phenoxy) is 1. The standard InChI is InChI=1S/C14H22N2O/c1-12(11-17-2)15-13-7-3-4-8-14(13)16-9-5-6-10-16/h3-4,7-8,12,15H,5-6,9-11H2,1-2H3. The van der Waals surface area contributed by atoms with E-state index in [2.05, 4.69) is 41.4 Å². The van der Waals surface area contributed by atoms with Crippen LogP contribution in [0.25, 0.3) is 0 Å². The first kappa shape index (κ1) is 12.2. The van der Waals surface area contributed by atoms with Gasteiger partial charge in [-0.15, -0.1) is 0 Å². The van der Waals surface area contributed by atoms with Crippen LogP contribution in [0.4, 0.5) is 11.4 Å². The molecular weight excluding hydrogens is 212 g/mol. The van der Waals surface area contributed by atoms with Crippen LogP contribution in [0.15, 0.2) is 24.3 Å². The maximum Gasteiger partial charge on any atom is 0.0661 e. The average molecular weight is 234 g/mol. The van der Waals surface area contributed by atoms with E-state index in [1.54, 1.807) is 7.11 Å². The summed E-state index contributed by atoms with van der Waals surface area (Å²) in [7, 11) is 1.74. The first-order valence-electron chi connectivity index (χ1n) is 6.40. The Bertz CT molecular complexity index is 348. The van der Waals surface area contributed by atoms with Gasteiger partial charge < -0.3 is 15.0 Å². The van der Waals surface area contributed by atoms with Gasteiger partial charge in [-0.05, 0) is 31.9 Å². The van der Waals surface area contributed by atoms with Gasteiger partial charge in [-0.1, -0.05) is 12.1 Å². The van der Waals surface area contributed by atoms with Crippen molar-refractivity contribution in [1.82, 2.24) is 0 Å². The van der Waals surface area contributed by atoms with Gasteiger partial charge in [-0.3, -0.25) is 0 Å². The van der Waals surface area contributed by atoms with E-state index in [9.17, 15) is 0 Å². The summed E-state index contributed by atoms with van der Waals surface area (Å²) in [6.45, 7) is 5.23. The highest BCUT2D eigenvalue weighted by atomic mass is 16.5. The molecule has 1 saturated heterocycles. The number of hydrogen-bond acceptors (Lipinski definition) is 3. The predicted octanol–water partition coefficient (Wildman–Crippen LogP) is 2.73. The van der Waals surface area contributed by atoms with Crippen molar-refractivity contribution in [2.24, 2.45) is 0 Å². The summed E-state index contributed by atoms with van der Waals surface area (Å²) >= 11 is 0. The zero-order valence-corrected chi connectivity index (χ0v) is 10.8. The lowest BCUT2D eigenvalue weighted by atomic mass is 10.2. The van der Waals surface area contributed by atoms with Crippen molar-refractivity contribution in [3.8, 4) is 0 Å². The van der Waals surface area contributed by atoms with Crippen molar-refractivity contribution in [3.63, 3.8) is 0 Å². The van der Waals surface area contributed by atoms with Crippen LogP contribution < -0.4 is 10.2 Å². The van der Waals surface area contributed by atoms with Crippen molar-refractivity contribution in [2.45, 2.75) is 25.8 Å². The number of methoxy groups -OCH3 is 1. The number of nitrogens with zero attached hydrogens (tertiary/aromatic N) is 1. The highest BCUT2D eigenvalue weighted by Gasteiger charge is 2.15. The van der Waals surface area contributed by atoms with Gasteiger partial charge in [0, 0.05) is 26.2 Å². The molecule has 1 atom stereocenters. The van der Waals surface area contributed by atoms with E-state index in [1.807, 2.05) is 0 Å². The van der Waals surface area contributed by atoms with Crippen LogP contribution in [-0.2, 0) is 4.74 Å². The second kappa shape index (κ2) is 5.92. The molecule has 0 aliphatic carbocycles. The number of anilines is 2. The summed E-state index contributed by atoms with van der Waals surface area (Å²) in [6.07, 6.45) is 2.61. The molecule has 0 spiro atoms. The van der Waals surface area contributed by atoms with Crippen LogP contribution >= 0.6 is 0 Å². The van der Waals surface area contributed by atoms with Crippen LogP contribution in [0.3, 0.4) is 0 Å². The first-order chi connectivity index (χ1) is 8.31. The molecule has 1 aliphatic heterocycles. The molecule has 3 heteroatoms. The van der Waals surface area contributed by atoms with Crippen LogP contribution in [0.5, 0.6) is 0 Å². The normalized spacial score (nSPS) is 17.2. The molecule has 1 N–H and O–H groups in total. The predicted molar refractivity (Wildman–Crippen MR) is 72.8 cm³/mol. The summed E-state index contributed by atoms with van der Waals surface area (Å²) in [4.78, 5) is 2.46. The summed E-state index contributed by atoms with van der Waals surface area (Å²) in [6, 6.07) is 8.89. The molecule has 1 aromatic carbocycles. The Kier molecular flexibility index (Phi) is 4.26. The van der Waals surface area contributed by atoms with Crippen molar-refractivity contribution >= 4 is 11.4 Å². The fourth-order valence-corrected chi connectivity index (χ4v) is 2.39. The zero-order chi connectivity index (χ0) is 12.1. The summed E-state index contributed by atoms with van der Waals surface area (Å²) < 4.78 is 5.17. The van der Waals surface area contributed by atoms with E-state index < -0.39 is 0 Å². The summed E-state index contributed by atoms with van der Waals surface area (Å²) in [5.74, 6) is 0. The Morgan fingerprint density at radius 2 is 2.00 bits per heavy atom. The molecule has 0 saturated carbocycles. The van der Waals surface area contributed by atoms with Crippen LogP contribution in [-0.4, -0.2) is 32.8 Å². The van der Waals surface area contributed by atoms with Gasteiger partial charge in [0.25, 0.3) is 0 Å². The fourth-order valence-electron chi connectivity index (χ4n) is 2.39. The third-order valence-electron chi connectivity index (χ3n) is 3.17. The van der Waals surface area contributed by atoms with E-state index >= 15 is 0 Å². The molecule has 0 amide bonds. The maximum absolute atomic E-state index is 5.17. The average Bonchev–Trinajstić information content (AvgIpc) is 2.83. The highest BCUT2D eigenvalue weighted by molar-refractivity contribution is 5.70. The molecule has 1 fully saturated rings. The van der Waals surface area contributed by atoms with Gasteiger partial charge in [0.2, 0.25) is 0 Å². The number of hydrogen-bond donors (Lipinski definition) is 1. The quantitative estimate of drug-likeness (QED) is 0.848. The lowest BCUT2D eigenvalue weighted by molar-refractivity contribution is 0.190. The summed E-state index contributed by atoms with van der Waals surface area (Å²) in [5.41, 5.74) is 2.55. The molecular formula is C14H22N2O. The number of para-hydroxylation sites is 2. The minimum absolute atomic E-state index is 0.337. The minimum atomic E-state index is 0.337. The van der Waals surface area contributed by atoms with Crippen LogP contribution in [0.1, 0.15) is 19.8 Å². The van der Waals surface area contributed by atoms with Crippen molar-refractivity contribution in [2.75, 3.05) is 37.0 Å². The monoisotopic (exact) mass is 234 g/mol. The number of benzene rings is 1. The first-order valence-corrected chi connectivity index (χ1v) is 6.40. The third-order valence-corrected chi connectivity index (χ3v) is 3.17. The van der Waals surface area contributed by atoms with E-state index in [-0.39, 0.29) is 0 Å². The van der Waals surface area contributed by atoms with E-state index in [0.29, 0.717) is 6.04 Å². The topological polar surface area (TPSA) is 24.5 Å². The molecule has 0 aromatic heterocycles. The molecule has 2 rings (SSSR count). The second-order valence-corrected chi connectivity index (χ2v) is 4.71. The second-order valence-electron chi connectivity index (χ2n) is 4.71. The molecule has 0 radical (unpaired) electrons. The van der Waals surface area contributed by atoms with Crippen molar-refractivity contribution < 1.29 is 4.74 Å². The van der Waals surface area contributed by atoms with Gasteiger partial charge in [-0.2, -0.15) is 0 Å². The highest BCUT2D eigenvalue weighted by Crippen LogP contribution is 2.28. The van der Waals surface area contributed by atoms with Gasteiger partial charge in [-0.25, -0.2) is 0 Å². The molecule has 0 bridgehead atoms. The molecule has 1 heterocycles. The Morgan fingerprint density at radius 3 is 2.71 bits per heavy atom. The smallest absolute Gasteiger partial charge is 0.0661 e. The maximum atomic E-state index is 5.17. The van der Waals surface area contributed by atoms with Gasteiger partial charge in [0.1, 0.15) is 0 Å². The third kappa shape index (κ3) is 3.13. The fraction of sp³-hybridized carbons (Fsp3) is 0.571. The van der Waals surface area contributed by atoms with Crippen molar-refractivity contribution in [1.29, 1.82) is 0 Å². The lowest BCUT2D eigenvalue weighted by Gasteiger charge is -2.24. The van der Waals surface area contributed by atoms with Crippen LogP contribution in [0, 0.1) is 0 Å². The van der Waals surface area contributed by atoms with Crippen LogP contribution in [0.2, 0.25) is 0 Å². The SMILES string of the molecule is COCC(C)Nc1ccccc1N1CCCC1. The Labute approximate surface area is 104 Å². The molecule has 17 heavy (non-hydrogen) atoms. The largest absolute Gasteiger partial charge is 0.383 e. The molecule has 1 aromatic rings. The van der Waals surface area contributed by atoms with E-state index in [1.165, 1.54) is 37.3 Å². The van der Waals surface area contributed by atoms with Gasteiger partial charge in [0.15, 0.2) is 0 Å². The molecule has 1 unspecified atom stereocenters. The Balaban J connectivity index is 2.09. The Morgan fingerprint density at radius 1 is 1.29 bits per heavy atom.